The molecule has 1 amide bonds. The van der Waals surface area contributed by atoms with E-state index in [1.54, 1.807) is 6.07 Å². The van der Waals surface area contributed by atoms with Gasteiger partial charge in [0.05, 0.1) is 30.3 Å². The molecular formula is C13H12FN3O2. The molecule has 1 heterocycles. The zero-order valence-corrected chi connectivity index (χ0v) is 10.3. The van der Waals surface area contributed by atoms with E-state index < -0.39 is 11.7 Å². The quantitative estimate of drug-likeness (QED) is 0.909. The molecular weight excluding hydrogens is 249 g/mol. The van der Waals surface area contributed by atoms with Crippen LogP contribution in [0.3, 0.4) is 0 Å². The third-order valence-electron chi connectivity index (χ3n) is 2.43. The maximum atomic E-state index is 13.7. The van der Waals surface area contributed by atoms with Crippen LogP contribution in [0.1, 0.15) is 17.3 Å². The number of hydrogen-bond acceptors (Lipinski definition) is 4. The van der Waals surface area contributed by atoms with Crippen molar-refractivity contribution in [3.8, 4) is 17.1 Å². The van der Waals surface area contributed by atoms with Gasteiger partial charge in [-0.15, -0.1) is 0 Å². The van der Waals surface area contributed by atoms with E-state index in [0.29, 0.717) is 23.7 Å². The summed E-state index contributed by atoms with van der Waals surface area (Å²) >= 11 is 0. The predicted octanol–water partition coefficient (Wildman–Crippen LogP) is 1.78. The van der Waals surface area contributed by atoms with Crippen LogP contribution >= 0.6 is 0 Å². The number of carbonyl (C=O) groups is 1. The molecule has 0 saturated carbocycles. The van der Waals surface area contributed by atoms with E-state index in [9.17, 15) is 9.18 Å². The summed E-state index contributed by atoms with van der Waals surface area (Å²) in [5, 5.41) is 0. The van der Waals surface area contributed by atoms with Crippen LogP contribution < -0.4 is 10.5 Å². The first-order valence-electron chi connectivity index (χ1n) is 5.66. The normalized spacial score (nSPS) is 10.2. The highest BCUT2D eigenvalue weighted by Crippen LogP contribution is 2.21. The van der Waals surface area contributed by atoms with Gasteiger partial charge in [-0.1, -0.05) is 6.07 Å². The van der Waals surface area contributed by atoms with Gasteiger partial charge in [-0.25, -0.2) is 9.37 Å². The zero-order valence-electron chi connectivity index (χ0n) is 10.3. The minimum Gasteiger partial charge on any atom is -0.477 e. The number of primary amides is 1. The molecule has 19 heavy (non-hydrogen) atoms. The molecule has 2 aromatic rings. The number of rotatable bonds is 4. The molecule has 0 spiro atoms. The van der Waals surface area contributed by atoms with Crippen molar-refractivity contribution in [3.63, 3.8) is 0 Å². The van der Waals surface area contributed by atoms with Crippen molar-refractivity contribution >= 4 is 5.91 Å². The summed E-state index contributed by atoms with van der Waals surface area (Å²) in [4.78, 5) is 19.1. The van der Waals surface area contributed by atoms with Gasteiger partial charge in [0.2, 0.25) is 5.88 Å². The summed E-state index contributed by atoms with van der Waals surface area (Å²) in [5.74, 6) is -1.13. The maximum Gasteiger partial charge on any atom is 0.251 e. The lowest BCUT2D eigenvalue weighted by molar-refractivity contribution is 0.0996. The second-order valence-electron chi connectivity index (χ2n) is 3.73. The summed E-state index contributed by atoms with van der Waals surface area (Å²) in [5.41, 5.74) is 5.84. The third-order valence-corrected chi connectivity index (χ3v) is 2.43. The minimum atomic E-state index is -0.807. The fourth-order valence-electron chi connectivity index (χ4n) is 1.58. The molecule has 0 radical (unpaired) electrons. The van der Waals surface area contributed by atoms with Crippen molar-refractivity contribution in [1.82, 2.24) is 9.97 Å². The molecule has 0 aliphatic carbocycles. The number of nitrogens with two attached hydrogens (primary N) is 1. The van der Waals surface area contributed by atoms with Gasteiger partial charge >= 0.3 is 0 Å². The minimum absolute atomic E-state index is 0.155. The summed E-state index contributed by atoms with van der Waals surface area (Å²) in [6.07, 6.45) is 2.96. The van der Waals surface area contributed by atoms with Gasteiger partial charge in [-0.05, 0) is 19.1 Å². The maximum absolute atomic E-state index is 13.7. The highest BCUT2D eigenvalue weighted by molar-refractivity contribution is 5.93. The van der Waals surface area contributed by atoms with Gasteiger partial charge in [0.25, 0.3) is 5.91 Å². The molecule has 2 rings (SSSR count). The first-order valence-corrected chi connectivity index (χ1v) is 5.66. The molecule has 0 aliphatic rings. The number of halogens is 1. The summed E-state index contributed by atoms with van der Waals surface area (Å²) in [6.45, 7) is 2.29. The Kier molecular flexibility index (Phi) is 3.70. The monoisotopic (exact) mass is 261 g/mol. The molecule has 0 aliphatic heterocycles. The largest absolute Gasteiger partial charge is 0.477 e. The lowest BCUT2D eigenvalue weighted by atomic mass is 10.1. The average Bonchev–Trinajstić information content (AvgIpc) is 2.39. The fraction of sp³-hybridized carbons (Fsp3) is 0.154. The average molecular weight is 261 g/mol. The summed E-state index contributed by atoms with van der Waals surface area (Å²) in [7, 11) is 0. The second kappa shape index (κ2) is 5.43. The van der Waals surface area contributed by atoms with E-state index in [-0.39, 0.29) is 5.56 Å². The van der Waals surface area contributed by atoms with Crippen molar-refractivity contribution in [1.29, 1.82) is 0 Å². The number of nitrogens with zero attached hydrogens (tertiary/aromatic N) is 2. The van der Waals surface area contributed by atoms with Gasteiger partial charge in [0.15, 0.2) is 0 Å². The van der Waals surface area contributed by atoms with Gasteiger partial charge in [-0.3, -0.25) is 9.78 Å². The van der Waals surface area contributed by atoms with E-state index in [1.807, 2.05) is 6.92 Å². The van der Waals surface area contributed by atoms with Crippen LogP contribution in [0.25, 0.3) is 11.3 Å². The first kappa shape index (κ1) is 12.9. The van der Waals surface area contributed by atoms with Gasteiger partial charge < -0.3 is 10.5 Å². The second-order valence-corrected chi connectivity index (χ2v) is 3.73. The Hall–Kier alpha value is -2.50. The van der Waals surface area contributed by atoms with Gasteiger partial charge in [-0.2, -0.15) is 0 Å². The van der Waals surface area contributed by atoms with Crippen LogP contribution in [0.5, 0.6) is 5.88 Å². The Bertz CT molecular complexity index is 617. The highest BCUT2D eigenvalue weighted by Gasteiger charge is 2.10. The van der Waals surface area contributed by atoms with E-state index >= 15 is 0 Å². The van der Waals surface area contributed by atoms with E-state index in [0.717, 1.165) is 0 Å². The number of carbonyl (C=O) groups excluding carboxylic acids is 1. The molecule has 0 unspecified atom stereocenters. The number of benzene rings is 1. The van der Waals surface area contributed by atoms with E-state index in [4.69, 9.17) is 10.5 Å². The Labute approximate surface area is 109 Å². The SMILES string of the molecule is CCOc1cncc(-c2ccc(C(N)=O)c(F)c2)n1. The van der Waals surface area contributed by atoms with E-state index in [1.165, 1.54) is 24.5 Å². The zero-order chi connectivity index (χ0) is 13.8. The molecule has 6 heteroatoms. The Morgan fingerprint density at radius 2 is 2.21 bits per heavy atom. The standard InChI is InChI=1S/C13H12FN3O2/c1-2-19-12-7-16-6-11(17-12)8-3-4-9(13(15)18)10(14)5-8/h3-7H,2H2,1H3,(H2,15,18). The molecule has 98 valence electrons. The van der Waals surface area contributed by atoms with Crippen LogP contribution in [-0.2, 0) is 0 Å². The molecule has 1 aromatic carbocycles. The van der Waals surface area contributed by atoms with Gasteiger partial charge in [0.1, 0.15) is 5.82 Å². The lowest BCUT2D eigenvalue weighted by Gasteiger charge is -2.05. The summed E-state index contributed by atoms with van der Waals surface area (Å²) in [6, 6.07) is 4.07. The molecule has 0 bridgehead atoms. The van der Waals surface area contributed by atoms with Crippen LogP contribution in [0.4, 0.5) is 4.39 Å². The van der Waals surface area contributed by atoms with Crippen molar-refractivity contribution < 1.29 is 13.9 Å². The molecule has 1 aromatic heterocycles. The number of aromatic nitrogens is 2. The van der Waals surface area contributed by atoms with E-state index in [2.05, 4.69) is 9.97 Å². The van der Waals surface area contributed by atoms with Gasteiger partial charge in [0, 0.05) is 5.56 Å². The van der Waals surface area contributed by atoms with Crippen molar-refractivity contribution in [2.24, 2.45) is 5.73 Å². The van der Waals surface area contributed by atoms with Crippen LogP contribution in [0.2, 0.25) is 0 Å². The first-order chi connectivity index (χ1) is 9.11. The topological polar surface area (TPSA) is 78.1 Å². The van der Waals surface area contributed by atoms with Crippen molar-refractivity contribution in [3.05, 3.63) is 42.0 Å². The molecule has 2 N–H and O–H groups in total. The van der Waals surface area contributed by atoms with Crippen molar-refractivity contribution in [2.45, 2.75) is 6.92 Å². The van der Waals surface area contributed by atoms with Crippen LogP contribution in [0.15, 0.2) is 30.6 Å². The van der Waals surface area contributed by atoms with Crippen molar-refractivity contribution in [2.75, 3.05) is 6.61 Å². The number of hydrogen-bond donors (Lipinski definition) is 1. The Morgan fingerprint density at radius 1 is 1.42 bits per heavy atom. The molecule has 5 nitrogen and oxygen atoms in total. The molecule has 0 saturated heterocycles. The number of ether oxygens (including phenoxy) is 1. The highest BCUT2D eigenvalue weighted by atomic mass is 19.1. The third kappa shape index (κ3) is 2.85. The molecule has 0 atom stereocenters. The smallest absolute Gasteiger partial charge is 0.251 e. The Balaban J connectivity index is 2.39. The number of amides is 1. The predicted molar refractivity (Wildman–Crippen MR) is 67.1 cm³/mol. The van der Waals surface area contributed by atoms with Crippen LogP contribution in [0, 0.1) is 5.82 Å². The molecule has 0 fully saturated rings. The lowest BCUT2D eigenvalue weighted by Crippen LogP contribution is -2.13. The fourth-order valence-corrected chi connectivity index (χ4v) is 1.58. The Morgan fingerprint density at radius 3 is 2.84 bits per heavy atom. The summed E-state index contributed by atoms with van der Waals surface area (Å²) < 4.78 is 18.9. The van der Waals surface area contributed by atoms with Crippen LogP contribution in [-0.4, -0.2) is 22.5 Å².